The van der Waals surface area contributed by atoms with E-state index in [-0.39, 0.29) is 0 Å². The van der Waals surface area contributed by atoms with Gasteiger partial charge < -0.3 is 0 Å². The second-order valence-corrected chi connectivity index (χ2v) is 5.63. The molecule has 0 spiro atoms. The van der Waals surface area contributed by atoms with Crippen LogP contribution in [0.25, 0.3) is 0 Å². The van der Waals surface area contributed by atoms with E-state index in [2.05, 4.69) is 49.9 Å². The lowest BCUT2D eigenvalue weighted by Crippen LogP contribution is -2.38. The standard InChI is InChI=1S/C15H23N/c1-12-4-6-15(7-5-12)11-16-9-13(2)8-14(3)10-16/h4-7,13-14H,8-11H2,1-3H3. The molecule has 0 aliphatic carbocycles. The van der Waals surface area contributed by atoms with Gasteiger partial charge in [-0.1, -0.05) is 43.7 Å². The van der Waals surface area contributed by atoms with Crippen LogP contribution in [0.1, 0.15) is 31.4 Å². The van der Waals surface area contributed by atoms with E-state index >= 15 is 0 Å². The van der Waals surface area contributed by atoms with Gasteiger partial charge in [-0.15, -0.1) is 0 Å². The summed E-state index contributed by atoms with van der Waals surface area (Å²) in [6.07, 6.45) is 1.39. The maximum Gasteiger partial charge on any atom is 0.0233 e. The lowest BCUT2D eigenvalue weighted by molar-refractivity contribution is 0.134. The molecule has 1 heteroatoms. The summed E-state index contributed by atoms with van der Waals surface area (Å²) in [5, 5.41) is 0. The summed E-state index contributed by atoms with van der Waals surface area (Å²) in [6.45, 7) is 10.5. The second kappa shape index (κ2) is 5.01. The molecule has 1 aromatic rings. The molecule has 0 bridgehead atoms. The fraction of sp³-hybridized carbons (Fsp3) is 0.600. The van der Waals surface area contributed by atoms with Crippen LogP contribution in [-0.2, 0) is 6.54 Å². The molecule has 0 aromatic heterocycles. The van der Waals surface area contributed by atoms with E-state index in [0.29, 0.717) is 0 Å². The van der Waals surface area contributed by atoms with Crippen molar-refractivity contribution >= 4 is 0 Å². The highest BCUT2D eigenvalue weighted by Gasteiger charge is 2.21. The van der Waals surface area contributed by atoms with Crippen molar-refractivity contribution in [2.24, 2.45) is 11.8 Å². The summed E-state index contributed by atoms with van der Waals surface area (Å²) in [5.41, 5.74) is 2.80. The molecule has 88 valence electrons. The number of aryl methyl sites for hydroxylation is 1. The zero-order valence-electron chi connectivity index (χ0n) is 10.7. The van der Waals surface area contributed by atoms with Gasteiger partial charge >= 0.3 is 0 Å². The highest BCUT2D eigenvalue weighted by molar-refractivity contribution is 5.21. The molecule has 1 nitrogen and oxygen atoms in total. The summed E-state index contributed by atoms with van der Waals surface area (Å²) >= 11 is 0. The predicted octanol–water partition coefficient (Wildman–Crippen LogP) is 3.47. The van der Waals surface area contributed by atoms with Crippen molar-refractivity contribution in [2.45, 2.75) is 33.7 Å². The second-order valence-electron chi connectivity index (χ2n) is 5.63. The van der Waals surface area contributed by atoms with Crippen molar-refractivity contribution in [1.82, 2.24) is 4.90 Å². The number of rotatable bonds is 2. The Bertz CT molecular complexity index is 318. The molecule has 1 aliphatic rings. The Labute approximate surface area is 99.5 Å². The van der Waals surface area contributed by atoms with Gasteiger partial charge in [0.1, 0.15) is 0 Å². The van der Waals surface area contributed by atoms with Crippen molar-refractivity contribution in [3.63, 3.8) is 0 Å². The molecule has 2 atom stereocenters. The lowest BCUT2D eigenvalue weighted by Gasteiger charge is -2.35. The molecule has 0 N–H and O–H groups in total. The molecule has 0 radical (unpaired) electrons. The monoisotopic (exact) mass is 217 g/mol. The van der Waals surface area contributed by atoms with Crippen LogP contribution in [0, 0.1) is 18.8 Å². The van der Waals surface area contributed by atoms with Gasteiger partial charge in [-0.25, -0.2) is 0 Å². The number of benzene rings is 1. The van der Waals surface area contributed by atoms with Crippen LogP contribution in [0.5, 0.6) is 0 Å². The number of hydrogen-bond acceptors (Lipinski definition) is 1. The highest BCUT2D eigenvalue weighted by Crippen LogP contribution is 2.22. The predicted molar refractivity (Wildman–Crippen MR) is 69.4 cm³/mol. The van der Waals surface area contributed by atoms with Gasteiger partial charge in [-0.2, -0.15) is 0 Å². The van der Waals surface area contributed by atoms with Crippen LogP contribution < -0.4 is 0 Å². The SMILES string of the molecule is Cc1ccc(CN2CC(C)CC(C)C2)cc1. The van der Waals surface area contributed by atoms with Gasteiger partial charge in [-0.3, -0.25) is 4.90 Å². The first-order chi connectivity index (χ1) is 7.63. The van der Waals surface area contributed by atoms with Crippen LogP contribution in [0.3, 0.4) is 0 Å². The van der Waals surface area contributed by atoms with E-state index in [1.807, 2.05) is 0 Å². The molecule has 2 unspecified atom stereocenters. The Balaban J connectivity index is 1.96. The fourth-order valence-electron chi connectivity index (χ4n) is 2.87. The maximum absolute atomic E-state index is 2.60. The third-order valence-corrected chi connectivity index (χ3v) is 3.47. The van der Waals surface area contributed by atoms with Crippen LogP contribution >= 0.6 is 0 Å². The van der Waals surface area contributed by atoms with Gasteiger partial charge in [0, 0.05) is 19.6 Å². The van der Waals surface area contributed by atoms with E-state index in [4.69, 9.17) is 0 Å². The largest absolute Gasteiger partial charge is 0.299 e. The molecule has 1 aliphatic heterocycles. The van der Waals surface area contributed by atoms with Crippen molar-refractivity contribution in [3.05, 3.63) is 35.4 Å². The van der Waals surface area contributed by atoms with Crippen LogP contribution in [0.15, 0.2) is 24.3 Å². The van der Waals surface area contributed by atoms with Gasteiger partial charge in [0.15, 0.2) is 0 Å². The molecule has 2 rings (SSSR count). The first-order valence-electron chi connectivity index (χ1n) is 6.41. The molecular formula is C15H23N. The Hall–Kier alpha value is -0.820. The number of piperidine rings is 1. The third-order valence-electron chi connectivity index (χ3n) is 3.47. The highest BCUT2D eigenvalue weighted by atomic mass is 15.1. The van der Waals surface area contributed by atoms with Gasteiger partial charge in [0.05, 0.1) is 0 Å². The Morgan fingerprint density at radius 2 is 1.62 bits per heavy atom. The van der Waals surface area contributed by atoms with Crippen LogP contribution in [0.4, 0.5) is 0 Å². The van der Waals surface area contributed by atoms with E-state index in [0.717, 1.165) is 18.4 Å². The molecule has 16 heavy (non-hydrogen) atoms. The van der Waals surface area contributed by atoms with Gasteiger partial charge in [-0.05, 0) is 30.7 Å². The van der Waals surface area contributed by atoms with Crippen molar-refractivity contribution in [1.29, 1.82) is 0 Å². The minimum absolute atomic E-state index is 0.856. The zero-order chi connectivity index (χ0) is 11.5. The van der Waals surface area contributed by atoms with Crippen molar-refractivity contribution in [3.8, 4) is 0 Å². The van der Waals surface area contributed by atoms with E-state index in [1.165, 1.54) is 30.6 Å². The molecule has 0 amide bonds. The molecule has 1 saturated heterocycles. The summed E-state index contributed by atoms with van der Waals surface area (Å²) < 4.78 is 0. The first kappa shape index (κ1) is 11.7. The summed E-state index contributed by atoms with van der Waals surface area (Å²) in [4.78, 5) is 2.60. The zero-order valence-corrected chi connectivity index (χ0v) is 10.7. The molecule has 1 fully saturated rings. The minimum Gasteiger partial charge on any atom is -0.299 e. The topological polar surface area (TPSA) is 3.24 Å². The van der Waals surface area contributed by atoms with E-state index in [9.17, 15) is 0 Å². The quantitative estimate of drug-likeness (QED) is 0.733. The van der Waals surface area contributed by atoms with E-state index in [1.54, 1.807) is 0 Å². The smallest absolute Gasteiger partial charge is 0.0233 e. The lowest BCUT2D eigenvalue weighted by atomic mass is 9.91. The van der Waals surface area contributed by atoms with Gasteiger partial charge in [0.2, 0.25) is 0 Å². The average molecular weight is 217 g/mol. The molecule has 1 aromatic carbocycles. The third kappa shape index (κ3) is 3.08. The van der Waals surface area contributed by atoms with Gasteiger partial charge in [0.25, 0.3) is 0 Å². The average Bonchev–Trinajstić information content (AvgIpc) is 2.20. The minimum atomic E-state index is 0.856. The number of likely N-dealkylation sites (tertiary alicyclic amines) is 1. The summed E-state index contributed by atoms with van der Waals surface area (Å²) in [6, 6.07) is 8.96. The summed E-state index contributed by atoms with van der Waals surface area (Å²) in [7, 11) is 0. The normalized spacial score (nSPS) is 26.9. The van der Waals surface area contributed by atoms with E-state index < -0.39 is 0 Å². The molecule has 1 heterocycles. The van der Waals surface area contributed by atoms with Crippen LogP contribution in [0.2, 0.25) is 0 Å². The summed E-state index contributed by atoms with van der Waals surface area (Å²) in [5.74, 6) is 1.71. The Morgan fingerprint density at radius 1 is 1.06 bits per heavy atom. The number of hydrogen-bond donors (Lipinski definition) is 0. The number of nitrogens with zero attached hydrogens (tertiary/aromatic N) is 1. The fourth-order valence-corrected chi connectivity index (χ4v) is 2.87. The van der Waals surface area contributed by atoms with Crippen molar-refractivity contribution in [2.75, 3.05) is 13.1 Å². The Kier molecular flexibility index (Phi) is 3.65. The van der Waals surface area contributed by atoms with Crippen LogP contribution in [-0.4, -0.2) is 18.0 Å². The first-order valence-corrected chi connectivity index (χ1v) is 6.41. The van der Waals surface area contributed by atoms with Crippen molar-refractivity contribution < 1.29 is 0 Å². The molecular weight excluding hydrogens is 194 g/mol. The maximum atomic E-state index is 2.60. The Morgan fingerprint density at radius 3 is 2.19 bits per heavy atom. The molecule has 0 saturated carbocycles.